The number of rotatable bonds is 7. The van der Waals surface area contributed by atoms with Crippen molar-refractivity contribution in [3.05, 3.63) is 70.5 Å². The molecule has 0 saturated heterocycles. The first-order chi connectivity index (χ1) is 13.9. The molecule has 3 aromatic rings. The van der Waals surface area contributed by atoms with Crippen molar-refractivity contribution in [3.63, 3.8) is 0 Å². The summed E-state index contributed by atoms with van der Waals surface area (Å²) in [5.41, 5.74) is -0.0582. The van der Waals surface area contributed by atoms with Gasteiger partial charge in [-0.3, -0.25) is 4.57 Å². The first kappa shape index (κ1) is 20.1. The Hall–Kier alpha value is -2.19. The van der Waals surface area contributed by atoms with E-state index in [-0.39, 0.29) is 6.61 Å². The number of para-hydroxylation sites is 1. The fraction of sp³-hybridized carbons (Fsp3) is 0.300. The molecule has 0 unspecified atom stereocenters. The summed E-state index contributed by atoms with van der Waals surface area (Å²) in [6.45, 7) is 0.220. The van der Waals surface area contributed by atoms with Crippen LogP contribution in [0, 0.1) is 0 Å². The number of benzene rings is 2. The Bertz CT molecular complexity index is 1000. The number of hydrogen-bond donors (Lipinski definition) is 0. The van der Waals surface area contributed by atoms with Crippen LogP contribution >= 0.6 is 23.4 Å². The smallest absolute Gasteiger partial charge is 0.416 e. The van der Waals surface area contributed by atoms with Crippen LogP contribution in [0.25, 0.3) is 0 Å². The van der Waals surface area contributed by atoms with Crippen LogP contribution in [0.5, 0.6) is 5.75 Å². The molecule has 1 aliphatic rings. The molecule has 4 rings (SSSR count). The standard InChI is InChI=1S/C20H17ClF3N3OS/c21-16-6-1-2-7-17(16)28-11-18-25-26-19(27(18)15-8-9-15)29-12-13-4-3-5-14(10-13)20(22,23)24/h1-7,10,15H,8-9,11-12H2. The molecular weight excluding hydrogens is 423 g/mol. The lowest BCUT2D eigenvalue weighted by Crippen LogP contribution is -2.07. The monoisotopic (exact) mass is 439 g/mol. The summed E-state index contributed by atoms with van der Waals surface area (Å²) in [7, 11) is 0. The Morgan fingerprint density at radius 3 is 2.62 bits per heavy atom. The molecule has 1 saturated carbocycles. The second kappa shape index (κ2) is 8.28. The maximum atomic E-state index is 12.9. The fourth-order valence-electron chi connectivity index (χ4n) is 2.89. The Balaban J connectivity index is 1.47. The highest BCUT2D eigenvalue weighted by molar-refractivity contribution is 7.98. The number of thioether (sulfide) groups is 1. The van der Waals surface area contributed by atoms with Crippen LogP contribution in [-0.4, -0.2) is 14.8 Å². The van der Waals surface area contributed by atoms with Gasteiger partial charge in [-0.15, -0.1) is 10.2 Å². The molecule has 9 heteroatoms. The molecule has 0 spiro atoms. The molecule has 1 heterocycles. The predicted octanol–water partition coefficient (Wildman–Crippen LogP) is 6.16. The van der Waals surface area contributed by atoms with Gasteiger partial charge in [-0.05, 0) is 36.6 Å². The third-order valence-corrected chi connectivity index (χ3v) is 5.79. The van der Waals surface area contributed by atoms with Gasteiger partial charge in [0.15, 0.2) is 11.0 Å². The highest BCUT2D eigenvalue weighted by atomic mass is 35.5. The predicted molar refractivity (Wildman–Crippen MR) is 105 cm³/mol. The van der Waals surface area contributed by atoms with E-state index in [0.29, 0.717) is 39.1 Å². The summed E-state index contributed by atoms with van der Waals surface area (Å²) < 4.78 is 46.5. The van der Waals surface area contributed by atoms with Crippen molar-refractivity contribution in [2.24, 2.45) is 0 Å². The lowest BCUT2D eigenvalue weighted by molar-refractivity contribution is -0.137. The van der Waals surface area contributed by atoms with Gasteiger partial charge in [0, 0.05) is 11.8 Å². The molecule has 1 aliphatic carbocycles. The van der Waals surface area contributed by atoms with Gasteiger partial charge < -0.3 is 4.74 Å². The van der Waals surface area contributed by atoms with Crippen LogP contribution in [-0.2, 0) is 18.5 Å². The van der Waals surface area contributed by atoms with E-state index in [2.05, 4.69) is 10.2 Å². The van der Waals surface area contributed by atoms with E-state index in [1.807, 2.05) is 16.7 Å². The van der Waals surface area contributed by atoms with E-state index in [0.717, 1.165) is 18.9 Å². The van der Waals surface area contributed by atoms with E-state index in [9.17, 15) is 13.2 Å². The van der Waals surface area contributed by atoms with Gasteiger partial charge in [0.25, 0.3) is 0 Å². The molecule has 0 amide bonds. The number of alkyl halides is 3. The minimum absolute atomic E-state index is 0.220. The minimum atomic E-state index is -4.35. The highest BCUT2D eigenvalue weighted by Gasteiger charge is 2.31. The van der Waals surface area contributed by atoms with Crippen LogP contribution < -0.4 is 4.74 Å². The van der Waals surface area contributed by atoms with Crippen LogP contribution in [0.3, 0.4) is 0 Å². The van der Waals surface area contributed by atoms with Crippen LogP contribution in [0.2, 0.25) is 5.02 Å². The number of aromatic nitrogens is 3. The molecule has 4 nitrogen and oxygen atoms in total. The van der Waals surface area contributed by atoms with Crippen LogP contribution in [0.1, 0.15) is 35.8 Å². The van der Waals surface area contributed by atoms with Gasteiger partial charge in [-0.2, -0.15) is 13.2 Å². The first-order valence-electron chi connectivity index (χ1n) is 9.02. The molecule has 0 bridgehead atoms. The summed E-state index contributed by atoms with van der Waals surface area (Å²) in [6.07, 6.45) is -2.31. The van der Waals surface area contributed by atoms with E-state index < -0.39 is 11.7 Å². The number of nitrogens with zero attached hydrogens (tertiary/aromatic N) is 3. The quantitative estimate of drug-likeness (QED) is 0.413. The molecule has 1 aromatic heterocycles. The van der Waals surface area contributed by atoms with E-state index in [4.69, 9.17) is 16.3 Å². The van der Waals surface area contributed by atoms with Crippen molar-refractivity contribution >= 4 is 23.4 Å². The summed E-state index contributed by atoms with van der Waals surface area (Å²) in [5, 5.41) is 9.68. The normalized spacial score (nSPS) is 14.2. The molecule has 1 fully saturated rings. The molecule has 29 heavy (non-hydrogen) atoms. The van der Waals surface area contributed by atoms with Crippen molar-refractivity contribution in [2.75, 3.05) is 0 Å². The summed E-state index contributed by atoms with van der Waals surface area (Å²) in [5.74, 6) is 1.62. The molecule has 0 radical (unpaired) electrons. The van der Waals surface area contributed by atoms with E-state index in [1.165, 1.54) is 23.9 Å². The lowest BCUT2D eigenvalue weighted by atomic mass is 10.1. The average Bonchev–Trinajstić information content (AvgIpc) is 3.45. The van der Waals surface area contributed by atoms with Crippen molar-refractivity contribution in [3.8, 4) is 5.75 Å². The summed E-state index contributed by atoms with van der Waals surface area (Å²) in [6, 6.07) is 12.8. The molecule has 0 atom stereocenters. The van der Waals surface area contributed by atoms with Gasteiger partial charge in [0.2, 0.25) is 0 Å². The zero-order valence-corrected chi connectivity index (χ0v) is 16.8. The third kappa shape index (κ3) is 4.87. The first-order valence-corrected chi connectivity index (χ1v) is 10.4. The topological polar surface area (TPSA) is 39.9 Å². The number of halogens is 4. The molecule has 2 aromatic carbocycles. The molecule has 0 aliphatic heterocycles. The van der Waals surface area contributed by atoms with Gasteiger partial charge in [-0.25, -0.2) is 0 Å². The zero-order chi connectivity index (χ0) is 20.4. The van der Waals surface area contributed by atoms with Gasteiger partial charge in [0.05, 0.1) is 10.6 Å². The summed E-state index contributed by atoms with van der Waals surface area (Å²) >= 11 is 7.49. The second-order valence-corrected chi connectivity index (χ2v) is 8.06. The molecular formula is C20H17ClF3N3OS. The van der Waals surface area contributed by atoms with Crippen LogP contribution in [0.15, 0.2) is 53.7 Å². The molecule has 0 N–H and O–H groups in total. The largest absolute Gasteiger partial charge is 0.484 e. The Morgan fingerprint density at radius 2 is 1.90 bits per heavy atom. The second-order valence-electron chi connectivity index (χ2n) is 6.71. The van der Waals surface area contributed by atoms with Crippen molar-refractivity contribution in [1.29, 1.82) is 0 Å². The minimum Gasteiger partial charge on any atom is -0.484 e. The van der Waals surface area contributed by atoms with E-state index >= 15 is 0 Å². The van der Waals surface area contributed by atoms with Gasteiger partial charge >= 0.3 is 6.18 Å². The number of ether oxygens (including phenoxy) is 1. The Morgan fingerprint density at radius 1 is 1.10 bits per heavy atom. The van der Waals surface area contributed by atoms with Gasteiger partial charge in [-0.1, -0.05) is 53.7 Å². The zero-order valence-electron chi connectivity index (χ0n) is 15.2. The van der Waals surface area contributed by atoms with E-state index in [1.54, 1.807) is 18.2 Å². The maximum absolute atomic E-state index is 12.9. The summed E-state index contributed by atoms with van der Waals surface area (Å²) in [4.78, 5) is 0. The van der Waals surface area contributed by atoms with Crippen LogP contribution in [0.4, 0.5) is 13.2 Å². The SMILES string of the molecule is FC(F)(F)c1cccc(CSc2nnc(COc3ccccc3Cl)n2C2CC2)c1. The van der Waals surface area contributed by atoms with Gasteiger partial charge in [0.1, 0.15) is 12.4 Å². The fourth-order valence-corrected chi connectivity index (χ4v) is 4.05. The Labute approximate surface area is 175 Å². The average molecular weight is 440 g/mol. The Kier molecular flexibility index (Phi) is 5.74. The van der Waals surface area contributed by atoms with Crippen molar-refractivity contribution in [1.82, 2.24) is 14.8 Å². The maximum Gasteiger partial charge on any atom is 0.416 e. The lowest BCUT2D eigenvalue weighted by Gasteiger charge is -2.11. The molecule has 152 valence electrons. The van der Waals surface area contributed by atoms with Crippen molar-refractivity contribution < 1.29 is 17.9 Å². The van der Waals surface area contributed by atoms with Crippen molar-refractivity contribution in [2.45, 2.75) is 42.6 Å². The number of hydrogen-bond acceptors (Lipinski definition) is 4. The third-order valence-electron chi connectivity index (χ3n) is 4.46. The highest BCUT2D eigenvalue weighted by Crippen LogP contribution is 2.40.